The molecule has 1 aliphatic rings. The monoisotopic (exact) mass is 306 g/mol. The third kappa shape index (κ3) is 2.50. The van der Waals surface area contributed by atoms with Gasteiger partial charge in [-0.1, -0.05) is 0 Å². The summed E-state index contributed by atoms with van der Waals surface area (Å²) in [6.07, 6.45) is 4.28. The minimum absolute atomic E-state index is 0.00629. The zero-order valence-electron chi connectivity index (χ0n) is 11.5. The number of rotatable bonds is 2. The van der Waals surface area contributed by atoms with Crippen LogP contribution in [0, 0.1) is 11.3 Å². The Balaban J connectivity index is 2.22. The van der Waals surface area contributed by atoms with Crippen molar-refractivity contribution < 1.29 is 13.2 Å². The largest absolute Gasteiger partial charge is 0.379 e. The number of aromatic nitrogens is 3. The highest BCUT2D eigenvalue weighted by Gasteiger charge is 2.23. The lowest BCUT2D eigenvalue weighted by Crippen LogP contribution is -2.22. The van der Waals surface area contributed by atoms with Crippen molar-refractivity contribution >= 4 is 20.9 Å². The number of hydrogen-bond acceptors (Lipinski definition) is 6. The van der Waals surface area contributed by atoms with E-state index in [2.05, 4.69) is 16.0 Å². The molecular weight excluding hydrogens is 292 g/mol. The van der Waals surface area contributed by atoms with E-state index in [-0.39, 0.29) is 11.2 Å². The van der Waals surface area contributed by atoms with E-state index < -0.39 is 9.84 Å². The van der Waals surface area contributed by atoms with Gasteiger partial charge in [-0.05, 0) is 18.9 Å². The smallest absolute Gasteiger partial charge is 0.248 e. The van der Waals surface area contributed by atoms with Gasteiger partial charge in [0.25, 0.3) is 0 Å². The third-order valence-corrected chi connectivity index (χ3v) is 4.36. The zero-order valence-corrected chi connectivity index (χ0v) is 12.3. The molecule has 3 rings (SSSR count). The number of hydrogen-bond donors (Lipinski definition) is 0. The Hall–Kier alpha value is -1.98. The van der Waals surface area contributed by atoms with Crippen molar-refractivity contribution in [3.63, 3.8) is 0 Å². The molecular formula is C13H14N4O3S. The van der Waals surface area contributed by atoms with Gasteiger partial charge in [0.2, 0.25) is 15.0 Å². The molecule has 1 atom stereocenters. The van der Waals surface area contributed by atoms with Crippen LogP contribution in [0.3, 0.4) is 0 Å². The van der Waals surface area contributed by atoms with Crippen LogP contribution in [0.5, 0.6) is 0 Å². The van der Waals surface area contributed by atoms with E-state index in [9.17, 15) is 13.7 Å². The van der Waals surface area contributed by atoms with Gasteiger partial charge in [0.15, 0.2) is 0 Å². The van der Waals surface area contributed by atoms with Crippen molar-refractivity contribution in [1.29, 1.82) is 5.26 Å². The Bertz CT molecular complexity index is 829. The Morgan fingerprint density at radius 3 is 2.95 bits per heavy atom. The van der Waals surface area contributed by atoms with Crippen molar-refractivity contribution in [3.8, 4) is 6.07 Å². The molecule has 0 saturated carbocycles. The van der Waals surface area contributed by atoms with E-state index in [1.165, 1.54) is 6.20 Å². The van der Waals surface area contributed by atoms with Crippen LogP contribution >= 0.6 is 0 Å². The summed E-state index contributed by atoms with van der Waals surface area (Å²) in [4.78, 5) is 8.01. The van der Waals surface area contributed by atoms with Crippen LogP contribution in [0.4, 0.5) is 0 Å². The Labute approximate surface area is 122 Å². The molecule has 3 heterocycles. The molecule has 0 aromatic carbocycles. The quantitative estimate of drug-likeness (QED) is 0.769. The maximum absolute atomic E-state index is 11.6. The number of fused-ring (bicyclic) bond motifs is 1. The summed E-state index contributed by atoms with van der Waals surface area (Å²) >= 11 is 0. The van der Waals surface area contributed by atoms with Crippen LogP contribution in [0.2, 0.25) is 0 Å². The Kier molecular flexibility index (Phi) is 3.39. The molecule has 8 heteroatoms. The van der Waals surface area contributed by atoms with Gasteiger partial charge in [-0.2, -0.15) is 10.2 Å². The molecule has 0 N–H and O–H groups in total. The van der Waals surface area contributed by atoms with E-state index in [0.717, 1.165) is 19.1 Å². The van der Waals surface area contributed by atoms with Gasteiger partial charge in [-0.25, -0.2) is 13.4 Å². The Morgan fingerprint density at radius 1 is 1.52 bits per heavy atom. The minimum atomic E-state index is -3.49. The molecule has 7 nitrogen and oxygen atoms in total. The second kappa shape index (κ2) is 5.09. The van der Waals surface area contributed by atoms with Gasteiger partial charge < -0.3 is 9.30 Å². The van der Waals surface area contributed by atoms with Gasteiger partial charge in [0, 0.05) is 24.4 Å². The van der Waals surface area contributed by atoms with Crippen LogP contribution in [0.15, 0.2) is 17.4 Å². The van der Waals surface area contributed by atoms with Crippen molar-refractivity contribution in [2.75, 3.05) is 19.5 Å². The second-order valence-corrected chi connectivity index (χ2v) is 7.00. The fourth-order valence-corrected chi connectivity index (χ4v) is 3.05. The van der Waals surface area contributed by atoms with E-state index >= 15 is 0 Å². The standard InChI is InChI=1S/C13H14N4O3S/c1-21(18,19)13-15-7-9-5-11(6-14)17(12(9)16-13)10-3-2-4-20-8-10/h5,7,10H,2-4,8H2,1H3. The maximum atomic E-state index is 11.6. The molecule has 0 spiro atoms. The predicted molar refractivity (Wildman–Crippen MR) is 74.4 cm³/mol. The summed E-state index contributed by atoms with van der Waals surface area (Å²) in [5.41, 5.74) is 0.915. The number of nitriles is 1. The first kappa shape index (κ1) is 14.0. The first-order chi connectivity index (χ1) is 10.0. The highest BCUT2D eigenvalue weighted by molar-refractivity contribution is 7.90. The molecule has 1 saturated heterocycles. The summed E-state index contributed by atoms with van der Waals surface area (Å²) in [5, 5.41) is 9.73. The van der Waals surface area contributed by atoms with Gasteiger partial charge >= 0.3 is 0 Å². The molecule has 0 aliphatic carbocycles. The lowest BCUT2D eigenvalue weighted by molar-refractivity contribution is 0.0602. The first-order valence-electron chi connectivity index (χ1n) is 6.56. The fraction of sp³-hybridized carbons (Fsp3) is 0.462. The van der Waals surface area contributed by atoms with E-state index in [4.69, 9.17) is 4.74 Å². The number of sulfone groups is 1. The molecule has 0 amide bonds. The minimum Gasteiger partial charge on any atom is -0.379 e. The first-order valence-corrected chi connectivity index (χ1v) is 8.46. The van der Waals surface area contributed by atoms with Crippen molar-refractivity contribution in [2.24, 2.45) is 0 Å². The maximum Gasteiger partial charge on any atom is 0.248 e. The van der Waals surface area contributed by atoms with Crippen LogP contribution < -0.4 is 0 Å². The molecule has 0 bridgehead atoms. The molecule has 21 heavy (non-hydrogen) atoms. The SMILES string of the molecule is CS(=O)(=O)c1ncc2cc(C#N)n(C3CCCOC3)c2n1. The van der Waals surface area contributed by atoms with Crippen LogP contribution in [-0.2, 0) is 14.6 Å². The normalized spacial score (nSPS) is 19.5. The van der Waals surface area contributed by atoms with Gasteiger partial charge in [0.05, 0.1) is 12.6 Å². The molecule has 1 fully saturated rings. The highest BCUT2D eigenvalue weighted by Crippen LogP contribution is 2.27. The fourth-order valence-electron chi connectivity index (χ4n) is 2.55. The topological polar surface area (TPSA) is 97.9 Å². The highest BCUT2D eigenvalue weighted by atomic mass is 32.2. The van der Waals surface area contributed by atoms with Gasteiger partial charge in [0.1, 0.15) is 17.4 Å². The summed E-state index contributed by atoms with van der Waals surface area (Å²) in [6, 6.07) is 3.80. The molecule has 2 aromatic heterocycles. The summed E-state index contributed by atoms with van der Waals surface area (Å²) < 4.78 is 30.5. The summed E-state index contributed by atoms with van der Waals surface area (Å²) in [7, 11) is -3.49. The van der Waals surface area contributed by atoms with Crippen molar-refractivity contribution in [2.45, 2.75) is 24.0 Å². The van der Waals surface area contributed by atoms with Crippen LogP contribution in [-0.4, -0.2) is 42.4 Å². The third-order valence-electron chi connectivity index (χ3n) is 3.50. The Morgan fingerprint density at radius 2 is 2.33 bits per heavy atom. The molecule has 1 unspecified atom stereocenters. The molecule has 2 aromatic rings. The average molecular weight is 306 g/mol. The average Bonchev–Trinajstić information content (AvgIpc) is 2.84. The van der Waals surface area contributed by atoms with E-state index in [1.807, 2.05) is 0 Å². The van der Waals surface area contributed by atoms with Gasteiger partial charge in [-0.3, -0.25) is 0 Å². The lowest BCUT2D eigenvalue weighted by Gasteiger charge is -2.24. The summed E-state index contributed by atoms with van der Waals surface area (Å²) in [5.74, 6) is 0. The van der Waals surface area contributed by atoms with Crippen LogP contribution in [0.1, 0.15) is 24.6 Å². The second-order valence-electron chi connectivity index (χ2n) is 5.09. The van der Waals surface area contributed by atoms with Crippen molar-refractivity contribution in [3.05, 3.63) is 18.0 Å². The number of nitrogens with zero attached hydrogens (tertiary/aromatic N) is 4. The zero-order chi connectivity index (χ0) is 15.0. The summed E-state index contributed by atoms with van der Waals surface area (Å²) in [6.45, 7) is 1.21. The molecule has 1 aliphatic heterocycles. The van der Waals surface area contributed by atoms with E-state index in [1.54, 1.807) is 10.6 Å². The van der Waals surface area contributed by atoms with E-state index in [0.29, 0.717) is 29.9 Å². The molecule has 110 valence electrons. The number of ether oxygens (including phenoxy) is 1. The lowest BCUT2D eigenvalue weighted by atomic mass is 10.1. The van der Waals surface area contributed by atoms with Crippen molar-refractivity contribution in [1.82, 2.24) is 14.5 Å². The molecule has 0 radical (unpaired) electrons. The predicted octanol–water partition coefficient (Wildman–Crippen LogP) is 1.06. The van der Waals surface area contributed by atoms with Crippen LogP contribution in [0.25, 0.3) is 11.0 Å². The van der Waals surface area contributed by atoms with Gasteiger partial charge in [-0.15, -0.1) is 0 Å².